The molecule has 0 aliphatic carbocycles. The molecule has 32 heteroatoms. The summed E-state index contributed by atoms with van der Waals surface area (Å²) in [6, 6.07) is 37.6. The molecule has 8 aromatic carbocycles. The first-order chi connectivity index (χ1) is 37.8. The van der Waals surface area contributed by atoms with E-state index in [4.69, 9.17) is 0 Å². The smallest absolute Gasteiger partial charge is 0.744 e. The fourth-order valence-electron chi connectivity index (χ4n) is 6.66. The fourth-order valence-corrected chi connectivity index (χ4v) is 9.42. The maximum Gasteiger partial charge on any atom is 1.00 e. The van der Waals surface area contributed by atoms with Crippen LogP contribution in [0.25, 0.3) is 24.3 Å². The molecule has 8 aromatic rings. The maximum atomic E-state index is 11.9. The summed E-state index contributed by atoms with van der Waals surface area (Å²) in [5, 5.41) is 68.6. The van der Waals surface area contributed by atoms with E-state index >= 15 is 0 Å². The van der Waals surface area contributed by atoms with Crippen LogP contribution in [0.4, 0.5) is 45.5 Å². The zero-order valence-corrected chi connectivity index (χ0v) is 51.6. The molecule has 24 nitrogen and oxygen atoms in total. The van der Waals surface area contributed by atoms with Crippen LogP contribution in [0, 0.1) is 0 Å². The first kappa shape index (κ1) is 71.9. The molecular formula is C52H36Li2N8Na2O16S4. The van der Waals surface area contributed by atoms with E-state index in [1.54, 1.807) is 0 Å². The summed E-state index contributed by atoms with van der Waals surface area (Å²) in [6.45, 7) is 0. The molecule has 84 heavy (non-hydrogen) atoms. The van der Waals surface area contributed by atoms with Crippen molar-refractivity contribution < 1.29 is 169 Å². The number of azo groups is 4. The van der Waals surface area contributed by atoms with Crippen LogP contribution in [0.5, 0.6) is 23.0 Å². The van der Waals surface area contributed by atoms with E-state index in [0.717, 1.165) is 24.3 Å². The first-order valence-electron chi connectivity index (χ1n) is 22.4. The Morgan fingerprint density at radius 3 is 0.560 bits per heavy atom. The zero-order valence-electron chi connectivity index (χ0n) is 44.4. The number of aromatic hydroxyl groups is 4. The Morgan fingerprint density at radius 1 is 0.262 bits per heavy atom. The number of hydrogen-bond donors (Lipinski definition) is 4. The van der Waals surface area contributed by atoms with Gasteiger partial charge in [0.1, 0.15) is 63.5 Å². The van der Waals surface area contributed by atoms with Crippen molar-refractivity contribution in [3.8, 4) is 23.0 Å². The number of hydrogen-bond acceptors (Lipinski definition) is 24. The number of rotatable bonds is 16. The summed E-state index contributed by atoms with van der Waals surface area (Å²) >= 11 is 0. The number of phenolic OH excluding ortho intramolecular Hbond substituents is 4. The molecule has 0 aliphatic rings. The minimum atomic E-state index is -4.99. The van der Waals surface area contributed by atoms with Gasteiger partial charge in [0.25, 0.3) is 0 Å². The molecule has 0 atom stereocenters. The van der Waals surface area contributed by atoms with E-state index in [2.05, 4.69) is 40.9 Å². The first-order valence-corrected chi connectivity index (χ1v) is 28.0. The molecule has 0 radical (unpaired) electrons. The monoisotopic (exact) mass is 1220 g/mol. The van der Waals surface area contributed by atoms with Crippen LogP contribution >= 0.6 is 0 Å². The minimum Gasteiger partial charge on any atom is -0.744 e. The normalized spacial score (nSPS) is 12.0. The van der Waals surface area contributed by atoms with E-state index in [1.165, 1.54) is 170 Å². The molecule has 0 heterocycles. The van der Waals surface area contributed by atoms with E-state index in [0.29, 0.717) is 22.7 Å². The molecule has 0 aromatic heterocycles. The van der Waals surface area contributed by atoms with E-state index < -0.39 is 60.1 Å². The molecule has 0 saturated heterocycles. The number of benzene rings is 8. The predicted molar refractivity (Wildman–Crippen MR) is 285 cm³/mol. The summed E-state index contributed by atoms with van der Waals surface area (Å²) < 4.78 is 143. The second kappa shape index (κ2) is 31.7. The standard InChI is InChI=1S/2C26H20N4O8S2.2Li.2Na/c2*31-23-11-7-19(8-12-23)27-29-21-5-3-17(25(15-21)39(33,34)35)1-2-18-4-6-22(16-26(18)40(36,37)38)30-28-20-9-13-24(32)14-10-20;;;;/h2*1-16,31-32H,(H,33,34,35)(H,36,37,38);;;;/q;;4*+1/p-4. The largest absolute Gasteiger partial charge is 1.00 e. The molecular weight excluding hydrogens is 1180 g/mol. The molecule has 0 amide bonds. The summed E-state index contributed by atoms with van der Waals surface area (Å²) in [5.74, 6) is 0.0958. The Hall–Kier alpha value is -6.33. The van der Waals surface area contributed by atoms with Gasteiger partial charge in [-0.15, -0.1) is 0 Å². The van der Waals surface area contributed by atoms with Gasteiger partial charge < -0.3 is 38.6 Å². The Morgan fingerprint density at radius 2 is 0.405 bits per heavy atom. The van der Waals surface area contributed by atoms with Gasteiger partial charge in [0.2, 0.25) is 0 Å². The molecule has 0 bridgehead atoms. The van der Waals surface area contributed by atoms with E-state index in [9.17, 15) is 72.3 Å². The third-order valence-electron chi connectivity index (χ3n) is 10.5. The van der Waals surface area contributed by atoms with Crippen molar-refractivity contribution in [2.24, 2.45) is 40.9 Å². The van der Waals surface area contributed by atoms with Gasteiger partial charge >= 0.3 is 96.8 Å². The third-order valence-corrected chi connectivity index (χ3v) is 14.0. The van der Waals surface area contributed by atoms with Crippen LogP contribution in [0.15, 0.2) is 230 Å². The second-order valence-corrected chi connectivity index (χ2v) is 21.6. The Balaban J connectivity index is 0.000000420. The quantitative estimate of drug-likeness (QED) is 0.0422. The number of phenols is 4. The van der Waals surface area contributed by atoms with Crippen LogP contribution in [0.3, 0.4) is 0 Å². The van der Waals surface area contributed by atoms with Crippen molar-refractivity contribution in [3.63, 3.8) is 0 Å². The van der Waals surface area contributed by atoms with Gasteiger partial charge in [0.05, 0.1) is 65.1 Å². The molecule has 0 aliphatic heterocycles. The number of nitrogens with zero attached hydrogens (tertiary/aromatic N) is 8. The van der Waals surface area contributed by atoms with Crippen molar-refractivity contribution in [3.05, 3.63) is 192 Å². The zero-order chi connectivity index (χ0) is 57.8. The summed E-state index contributed by atoms with van der Waals surface area (Å²) in [6.07, 6.45) is 4.70. The van der Waals surface area contributed by atoms with Gasteiger partial charge in [0.15, 0.2) is 0 Å². The average molecular weight is 1220 g/mol. The van der Waals surface area contributed by atoms with Gasteiger partial charge in [-0.3, -0.25) is 0 Å². The molecule has 0 unspecified atom stereocenters. The van der Waals surface area contributed by atoms with Crippen molar-refractivity contribution in [1.82, 2.24) is 0 Å². The van der Waals surface area contributed by atoms with Crippen molar-refractivity contribution in [2.45, 2.75) is 19.6 Å². The van der Waals surface area contributed by atoms with Crippen molar-refractivity contribution in [1.29, 1.82) is 0 Å². The van der Waals surface area contributed by atoms with Gasteiger partial charge in [-0.25, -0.2) is 33.7 Å². The van der Waals surface area contributed by atoms with E-state index in [-0.39, 0.29) is 165 Å². The van der Waals surface area contributed by atoms with Gasteiger partial charge in [-0.05, 0) is 168 Å². The summed E-state index contributed by atoms with van der Waals surface area (Å²) in [5.41, 5.74) is 1.33. The Kier molecular flexibility index (Phi) is 27.2. The molecule has 0 saturated carbocycles. The van der Waals surface area contributed by atoms with Crippen LogP contribution in [-0.2, 0) is 40.5 Å². The average Bonchev–Trinajstić information content (AvgIpc) is 3.54. The molecule has 0 fully saturated rings. The minimum absolute atomic E-state index is 0. The second-order valence-electron chi connectivity index (χ2n) is 16.2. The fraction of sp³-hybridized carbons (Fsp3) is 0. The molecule has 4 N–H and O–H groups in total. The SMILES string of the molecule is O=S(=O)([O-])c1cc(N=Nc2ccc(O)cc2)ccc1C=Cc1ccc(N=Nc2ccc(O)cc2)cc1S(=O)(=O)[O-].O=S(=O)([O-])c1cc(N=Nc2ccc(O)cc2)ccc1C=Cc1ccc(N=Nc2ccc(O)cc2)cc1S(=O)(=O)[O-].[Li+].[Li+].[Na+].[Na+]. The van der Waals surface area contributed by atoms with E-state index in [1.807, 2.05) is 0 Å². The van der Waals surface area contributed by atoms with Crippen LogP contribution in [-0.4, -0.2) is 72.3 Å². The predicted octanol–water partition coefficient (Wildman–Crippen LogP) is -0.170. The maximum absolute atomic E-state index is 11.9. The van der Waals surface area contributed by atoms with Crippen molar-refractivity contribution in [2.75, 3.05) is 0 Å². The van der Waals surface area contributed by atoms with Gasteiger partial charge in [-0.2, -0.15) is 40.9 Å². The Bertz CT molecular complexity index is 3730. The van der Waals surface area contributed by atoms with Gasteiger partial charge in [0, 0.05) is 0 Å². The molecule has 8 rings (SSSR count). The van der Waals surface area contributed by atoms with Crippen molar-refractivity contribution >= 4 is 110 Å². The molecule has 0 spiro atoms. The molecule has 408 valence electrons. The van der Waals surface area contributed by atoms with Crippen LogP contribution < -0.4 is 96.8 Å². The van der Waals surface area contributed by atoms with Crippen LogP contribution in [0.1, 0.15) is 22.3 Å². The topological polar surface area (TPSA) is 409 Å². The van der Waals surface area contributed by atoms with Gasteiger partial charge in [-0.1, -0.05) is 48.6 Å². The Labute approximate surface area is 549 Å². The summed E-state index contributed by atoms with van der Waals surface area (Å²) in [7, 11) is -20.0. The van der Waals surface area contributed by atoms with Crippen LogP contribution in [0.2, 0.25) is 0 Å². The third kappa shape index (κ3) is 21.6. The summed E-state index contributed by atoms with van der Waals surface area (Å²) in [4.78, 5) is -2.57.